The van der Waals surface area contributed by atoms with Crippen LogP contribution in [0.2, 0.25) is 0 Å². The van der Waals surface area contributed by atoms with Crippen LogP contribution in [0.1, 0.15) is 45.4 Å². The second-order valence-corrected chi connectivity index (χ2v) is 11.5. The van der Waals surface area contributed by atoms with E-state index in [4.69, 9.17) is 16.3 Å². The van der Waals surface area contributed by atoms with Gasteiger partial charge in [0.05, 0.1) is 11.5 Å². The maximum absolute atomic E-state index is 13.7. The van der Waals surface area contributed by atoms with Gasteiger partial charge in [0, 0.05) is 35.8 Å². The molecule has 0 aromatic rings. The molecule has 2 bridgehead atoms. The Morgan fingerprint density at radius 1 is 1.27 bits per heavy atom. The van der Waals surface area contributed by atoms with Gasteiger partial charge in [-0.25, -0.2) is 4.39 Å². The number of amides is 2. The third-order valence-corrected chi connectivity index (χ3v) is 8.98. The molecule has 0 spiro atoms. The Labute approximate surface area is 185 Å². The van der Waals surface area contributed by atoms with Gasteiger partial charge in [-0.2, -0.15) is 0 Å². The molecule has 6 aliphatic rings. The highest BCUT2D eigenvalue weighted by Crippen LogP contribution is 2.60. The highest BCUT2D eigenvalue weighted by molar-refractivity contribution is 8.00. The highest BCUT2D eigenvalue weighted by Gasteiger charge is 2.69. The number of hydrogen-bond acceptors (Lipinski definition) is 6. The summed E-state index contributed by atoms with van der Waals surface area (Å²) >= 11 is 7.75. The van der Waals surface area contributed by atoms with Crippen molar-refractivity contribution in [3.63, 3.8) is 0 Å². The zero-order valence-electron chi connectivity index (χ0n) is 17.2. The zero-order chi connectivity index (χ0) is 21.1. The Balaban J connectivity index is 1.05. The van der Waals surface area contributed by atoms with E-state index >= 15 is 0 Å². The van der Waals surface area contributed by atoms with Crippen LogP contribution in [0.5, 0.6) is 0 Å². The lowest BCUT2D eigenvalue weighted by molar-refractivity contribution is -0.155. The minimum atomic E-state index is -1.07. The molecule has 7 nitrogen and oxygen atoms in total. The van der Waals surface area contributed by atoms with Gasteiger partial charge in [-0.1, -0.05) is 0 Å². The van der Waals surface area contributed by atoms with E-state index in [0.29, 0.717) is 12.8 Å². The Kier molecular flexibility index (Phi) is 5.50. The minimum absolute atomic E-state index is 0.0509. The molecule has 0 aromatic heterocycles. The Morgan fingerprint density at radius 3 is 2.73 bits per heavy atom. The summed E-state index contributed by atoms with van der Waals surface area (Å²) in [4.78, 5) is 27.5. The summed E-state index contributed by atoms with van der Waals surface area (Å²) in [6.45, 7) is 2.95. The highest BCUT2D eigenvalue weighted by atomic mass is 35.5. The third kappa shape index (κ3) is 3.74. The van der Waals surface area contributed by atoms with Crippen molar-refractivity contribution in [2.24, 2.45) is 0 Å². The van der Waals surface area contributed by atoms with Crippen molar-refractivity contribution in [3.8, 4) is 0 Å². The van der Waals surface area contributed by atoms with Crippen LogP contribution < -0.4 is 16.0 Å². The van der Waals surface area contributed by atoms with Crippen LogP contribution in [0.4, 0.5) is 4.39 Å². The van der Waals surface area contributed by atoms with Gasteiger partial charge in [0.15, 0.2) is 0 Å². The predicted octanol–water partition coefficient (Wildman–Crippen LogP) is 1.10. The maximum Gasteiger partial charge on any atom is 0.246 e. The van der Waals surface area contributed by atoms with E-state index in [0.717, 1.165) is 31.6 Å². The molecule has 0 radical (unpaired) electrons. The standard InChI is InChI=1S/C20H30ClFN4O3S/c1-11-16(26-4-5-30-18(26)23-11)17(28)25-20-8-19(9-20,10-20)24-15(27)7-29-12-2-3-13(21)14(22)6-12/h11-14,16,18,23H,2-10H2,1H3,(H,24,27)(H,25,28). The molecule has 2 saturated heterocycles. The fraction of sp³-hybridized carbons (Fsp3) is 0.900. The van der Waals surface area contributed by atoms with E-state index in [1.54, 1.807) is 0 Å². The number of carbonyl (C=O) groups excluding carboxylic acids is 2. The van der Waals surface area contributed by atoms with E-state index in [2.05, 4.69) is 27.8 Å². The molecular weight excluding hydrogens is 431 g/mol. The molecule has 4 saturated carbocycles. The second kappa shape index (κ2) is 7.76. The first-order chi connectivity index (χ1) is 14.3. The van der Waals surface area contributed by atoms with Gasteiger partial charge in [0.2, 0.25) is 11.8 Å². The SMILES string of the molecule is CC1NC2SCCN2C1C(=O)NC12CC(NC(=O)COC3CCC(Cl)C(F)C3)(C1)C2. The Morgan fingerprint density at radius 2 is 2.00 bits per heavy atom. The molecule has 168 valence electrons. The lowest BCUT2D eigenvalue weighted by atomic mass is 9.44. The zero-order valence-corrected chi connectivity index (χ0v) is 18.7. The molecule has 2 heterocycles. The number of alkyl halides is 2. The molecule has 30 heavy (non-hydrogen) atoms. The van der Waals surface area contributed by atoms with Gasteiger partial charge in [-0.3, -0.25) is 19.8 Å². The van der Waals surface area contributed by atoms with Gasteiger partial charge in [-0.15, -0.1) is 23.4 Å². The van der Waals surface area contributed by atoms with Crippen LogP contribution in [0.25, 0.3) is 0 Å². The number of hydrogen-bond donors (Lipinski definition) is 3. The summed E-state index contributed by atoms with van der Waals surface area (Å²) in [7, 11) is 0. The predicted molar refractivity (Wildman–Crippen MR) is 113 cm³/mol. The van der Waals surface area contributed by atoms with Crippen molar-refractivity contribution in [1.82, 2.24) is 20.9 Å². The fourth-order valence-electron chi connectivity index (χ4n) is 6.00. The van der Waals surface area contributed by atoms with E-state index in [1.807, 2.05) is 11.8 Å². The first-order valence-electron chi connectivity index (χ1n) is 10.9. The maximum atomic E-state index is 13.7. The molecule has 4 aliphatic carbocycles. The van der Waals surface area contributed by atoms with E-state index in [-0.39, 0.29) is 59.6 Å². The van der Waals surface area contributed by atoms with Crippen molar-refractivity contribution >= 4 is 35.2 Å². The van der Waals surface area contributed by atoms with Gasteiger partial charge in [0.25, 0.3) is 0 Å². The molecule has 6 fully saturated rings. The van der Waals surface area contributed by atoms with E-state index < -0.39 is 11.5 Å². The fourth-order valence-corrected chi connectivity index (χ4v) is 7.51. The molecule has 6 atom stereocenters. The smallest absolute Gasteiger partial charge is 0.246 e. The molecule has 10 heteroatoms. The molecule has 6 unspecified atom stereocenters. The van der Waals surface area contributed by atoms with Crippen LogP contribution in [0.15, 0.2) is 0 Å². The number of fused-ring (bicyclic) bond motifs is 1. The monoisotopic (exact) mass is 460 g/mol. The number of nitrogens with one attached hydrogen (secondary N) is 3. The molecule has 6 rings (SSSR count). The van der Waals surface area contributed by atoms with Gasteiger partial charge in [-0.05, 0) is 39.0 Å². The van der Waals surface area contributed by atoms with Crippen molar-refractivity contribution in [2.75, 3.05) is 18.9 Å². The van der Waals surface area contributed by atoms with Crippen LogP contribution in [-0.4, -0.2) is 81.9 Å². The molecule has 3 N–H and O–H groups in total. The summed E-state index contributed by atoms with van der Waals surface area (Å²) in [6, 6.07) is 0.0131. The molecule has 2 amide bonds. The summed E-state index contributed by atoms with van der Waals surface area (Å²) in [5.74, 6) is 0.984. The summed E-state index contributed by atoms with van der Waals surface area (Å²) in [5, 5.41) is 9.38. The summed E-state index contributed by atoms with van der Waals surface area (Å²) < 4.78 is 19.3. The van der Waals surface area contributed by atoms with E-state index in [9.17, 15) is 14.0 Å². The van der Waals surface area contributed by atoms with Crippen molar-refractivity contribution < 1.29 is 18.7 Å². The van der Waals surface area contributed by atoms with Crippen LogP contribution in [0, 0.1) is 0 Å². The second-order valence-electron chi connectivity index (χ2n) is 9.77. The number of thioether (sulfide) groups is 1. The van der Waals surface area contributed by atoms with Crippen LogP contribution in [0.3, 0.4) is 0 Å². The Bertz CT molecular complexity index is 710. The normalized spacial score (nSPS) is 47.2. The first-order valence-corrected chi connectivity index (χ1v) is 12.4. The summed E-state index contributed by atoms with van der Waals surface area (Å²) in [6.07, 6.45) is 2.53. The number of ether oxygens (including phenoxy) is 1. The largest absolute Gasteiger partial charge is 0.368 e. The van der Waals surface area contributed by atoms with Crippen molar-refractivity contribution in [1.29, 1.82) is 0 Å². The lowest BCUT2D eigenvalue weighted by Gasteiger charge is -2.70. The summed E-state index contributed by atoms with van der Waals surface area (Å²) in [5.41, 5.74) is -0.132. The van der Waals surface area contributed by atoms with E-state index in [1.165, 1.54) is 0 Å². The van der Waals surface area contributed by atoms with Crippen LogP contribution in [-0.2, 0) is 14.3 Å². The molecule has 0 aromatic carbocycles. The van der Waals surface area contributed by atoms with Crippen LogP contribution >= 0.6 is 23.4 Å². The number of nitrogens with zero attached hydrogens (tertiary/aromatic N) is 1. The number of rotatable bonds is 6. The van der Waals surface area contributed by atoms with Crippen molar-refractivity contribution in [3.05, 3.63) is 0 Å². The average molecular weight is 461 g/mol. The van der Waals surface area contributed by atoms with Gasteiger partial charge >= 0.3 is 0 Å². The lowest BCUT2D eigenvalue weighted by Crippen LogP contribution is -2.84. The molecule has 2 aliphatic heterocycles. The van der Waals surface area contributed by atoms with Gasteiger partial charge in [0.1, 0.15) is 24.3 Å². The Hall–Kier alpha value is -0.610. The number of carbonyl (C=O) groups is 2. The quantitative estimate of drug-likeness (QED) is 0.515. The topological polar surface area (TPSA) is 82.7 Å². The average Bonchev–Trinajstić information content (AvgIpc) is 3.19. The van der Waals surface area contributed by atoms with Gasteiger partial charge < -0.3 is 15.4 Å². The first kappa shape index (κ1) is 21.2. The third-order valence-electron chi connectivity index (χ3n) is 7.35. The van der Waals surface area contributed by atoms with Crippen molar-refractivity contribution in [2.45, 2.75) is 91.8 Å². The minimum Gasteiger partial charge on any atom is -0.368 e. The molecular formula is C20H30ClFN4O3S. The number of halogens is 2.